The van der Waals surface area contributed by atoms with Gasteiger partial charge in [0.05, 0.1) is 5.56 Å². The Hall–Kier alpha value is -2.52. The molecular formula is C22H19FNS+. The highest BCUT2D eigenvalue weighted by molar-refractivity contribution is 7.19. The molecule has 124 valence electrons. The van der Waals surface area contributed by atoms with Crippen LogP contribution in [0.4, 0.5) is 4.39 Å². The van der Waals surface area contributed by atoms with Gasteiger partial charge in [0, 0.05) is 15.1 Å². The summed E-state index contributed by atoms with van der Waals surface area (Å²) in [6.07, 6.45) is 2.01. The van der Waals surface area contributed by atoms with Crippen molar-refractivity contribution in [3.63, 3.8) is 0 Å². The number of pyridine rings is 1. The van der Waals surface area contributed by atoms with Gasteiger partial charge in [-0.2, -0.15) is 8.96 Å². The zero-order chi connectivity index (χ0) is 17.6. The van der Waals surface area contributed by atoms with Crippen LogP contribution in [0.15, 0.2) is 60.8 Å². The summed E-state index contributed by atoms with van der Waals surface area (Å²) in [6, 6.07) is 18.1. The first-order chi connectivity index (χ1) is 12.0. The highest BCUT2D eigenvalue weighted by atomic mass is 32.1. The summed E-state index contributed by atoms with van der Waals surface area (Å²) in [5.41, 5.74) is 4.55. The van der Waals surface area contributed by atoms with Crippen LogP contribution in [0.2, 0.25) is 0 Å². The molecule has 2 heterocycles. The summed E-state index contributed by atoms with van der Waals surface area (Å²) in [5, 5.41) is 1.21. The van der Waals surface area contributed by atoms with Gasteiger partial charge in [-0.3, -0.25) is 0 Å². The average Bonchev–Trinajstić information content (AvgIpc) is 2.95. The molecular weight excluding hydrogens is 329 g/mol. The molecule has 4 rings (SSSR count). The first-order valence-electron chi connectivity index (χ1n) is 8.29. The molecule has 1 nitrogen and oxygen atoms in total. The first-order valence-corrected chi connectivity index (χ1v) is 9.10. The van der Waals surface area contributed by atoms with Crippen LogP contribution in [0.5, 0.6) is 0 Å². The lowest BCUT2D eigenvalue weighted by atomic mass is 10.0. The van der Waals surface area contributed by atoms with Gasteiger partial charge in [-0.1, -0.05) is 24.3 Å². The van der Waals surface area contributed by atoms with Crippen molar-refractivity contribution in [1.29, 1.82) is 0 Å². The number of nitrogens with zero attached hydrogens (tertiary/aromatic N) is 1. The number of fused-ring (bicyclic) bond motifs is 1. The normalized spacial score (nSPS) is 11.2. The fraction of sp³-hybridized carbons (Fsp3) is 0.136. The number of hydrogen-bond donors (Lipinski definition) is 0. The highest BCUT2D eigenvalue weighted by Crippen LogP contribution is 2.31. The minimum atomic E-state index is -0.198. The summed E-state index contributed by atoms with van der Waals surface area (Å²) in [4.78, 5) is 1.29. The third-order valence-corrected chi connectivity index (χ3v) is 5.60. The van der Waals surface area contributed by atoms with E-state index in [2.05, 4.69) is 31.2 Å². The molecule has 0 amide bonds. The summed E-state index contributed by atoms with van der Waals surface area (Å²) < 4.78 is 18.1. The Morgan fingerprint density at radius 1 is 0.920 bits per heavy atom. The molecule has 0 fully saturated rings. The predicted octanol–water partition coefficient (Wildman–Crippen LogP) is 5.82. The van der Waals surface area contributed by atoms with E-state index in [0.717, 1.165) is 22.3 Å². The van der Waals surface area contributed by atoms with Gasteiger partial charge in [0.2, 0.25) is 5.69 Å². The average molecular weight is 348 g/mol. The number of thiophene rings is 1. The molecule has 0 unspecified atom stereocenters. The Labute approximate surface area is 151 Å². The van der Waals surface area contributed by atoms with E-state index in [4.69, 9.17) is 0 Å². The van der Waals surface area contributed by atoms with Gasteiger partial charge in [-0.25, -0.2) is 0 Å². The Bertz CT molecular complexity index is 1070. The van der Waals surface area contributed by atoms with Gasteiger partial charge < -0.3 is 0 Å². The number of aromatic nitrogens is 1. The van der Waals surface area contributed by atoms with Crippen molar-refractivity contribution in [3.05, 3.63) is 77.1 Å². The van der Waals surface area contributed by atoms with E-state index in [9.17, 15) is 4.39 Å². The molecule has 0 saturated heterocycles. The molecule has 4 aromatic rings. The van der Waals surface area contributed by atoms with E-state index in [1.165, 1.54) is 15.0 Å². The van der Waals surface area contributed by atoms with E-state index in [1.54, 1.807) is 17.4 Å². The standard InChI is InChI=1S/C22H19FNS/c1-14-6-4-5-7-19(14)22-20(23)12-18(13-24(22)3)16-8-9-21-17(11-16)10-15(2)25-21/h4-13H,1-3H3/q+1. The molecule has 2 aromatic carbocycles. The van der Waals surface area contributed by atoms with Gasteiger partial charge in [0.15, 0.2) is 12.0 Å². The van der Waals surface area contributed by atoms with Crippen molar-refractivity contribution >= 4 is 21.4 Å². The third kappa shape index (κ3) is 2.85. The summed E-state index contributed by atoms with van der Waals surface area (Å²) >= 11 is 1.78. The molecule has 0 aliphatic carbocycles. The molecule has 0 aliphatic heterocycles. The second-order valence-corrected chi connectivity index (χ2v) is 7.75. The highest BCUT2D eigenvalue weighted by Gasteiger charge is 2.20. The Morgan fingerprint density at radius 3 is 2.48 bits per heavy atom. The molecule has 0 aliphatic rings. The lowest BCUT2D eigenvalue weighted by Crippen LogP contribution is -2.32. The minimum Gasteiger partial charge on any atom is -0.200 e. The van der Waals surface area contributed by atoms with Crippen molar-refractivity contribution in [2.45, 2.75) is 13.8 Å². The van der Waals surface area contributed by atoms with Crippen LogP contribution >= 0.6 is 11.3 Å². The maximum Gasteiger partial charge on any atom is 0.248 e. The van der Waals surface area contributed by atoms with Gasteiger partial charge in [-0.05, 0) is 60.7 Å². The van der Waals surface area contributed by atoms with Crippen molar-refractivity contribution in [3.8, 4) is 22.4 Å². The van der Waals surface area contributed by atoms with Crippen LogP contribution in [-0.4, -0.2) is 0 Å². The van der Waals surface area contributed by atoms with E-state index in [0.29, 0.717) is 5.69 Å². The monoisotopic (exact) mass is 348 g/mol. The van der Waals surface area contributed by atoms with Crippen molar-refractivity contribution in [2.24, 2.45) is 7.05 Å². The second kappa shape index (κ2) is 6.08. The topological polar surface area (TPSA) is 3.88 Å². The zero-order valence-corrected chi connectivity index (χ0v) is 15.3. The van der Waals surface area contributed by atoms with Crippen LogP contribution in [0, 0.1) is 19.7 Å². The minimum absolute atomic E-state index is 0.198. The van der Waals surface area contributed by atoms with Crippen LogP contribution in [-0.2, 0) is 7.05 Å². The fourth-order valence-corrected chi connectivity index (χ4v) is 4.26. The molecule has 0 spiro atoms. The van der Waals surface area contributed by atoms with Crippen molar-refractivity contribution in [1.82, 2.24) is 0 Å². The molecule has 0 radical (unpaired) electrons. The largest absolute Gasteiger partial charge is 0.248 e. The maximum absolute atomic E-state index is 15.0. The molecule has 0 N–H and O–H groups in total. The number of halogens is 1. The predicted molar refractivity (Wildman–Crippen MR) is 103 cm³/mol. The molecule has 25 heavy (non-hydrogen) atoms. The molecule has 2 aromatic heterocycles. The first kappa shape index (κ1) is 16.0. The van der Waals surface area contributed by atoms with Crippen LogP contribution in [0.25, 0.3) is 32.5 Å². The van der Waals surface area contributed by atoms with Gasteiger partial charge in [-0.15, -0.1) is 11.3 Å². The van der Waals surface area contributed by atoms with Crippen molar-refractivity contribution in [2.75, 3.05) is 0 Å². The SMILES string of the molecule is Cc1cc2cc(-c3cc(F)c(-c4ccccc4C)[n+](C)c3)ccc2s1. The van der Waals surface area contributed by atoms with Crippen LogP contribution in [0.1, 0.15) is 10.4 Å². The van der Waals surface area contributed by atoms with Gasteiger partial charge in [0.1, 0.15) is 7.05 Å². The number of benzene rings is 2. The number of aryl methyl sites for hydroxylation is 3. The van der Waals surface area contributed by atoms with E-state index in [1.807, 2.05) is 49.0 Å². The summed E-state index contributed by atoms with van der Waals surface area (Å²) in [7, 11) is 1.90. The van der Waals surface area contributed by atoms with E-state index in [-0.39, 0.29) is 5.82 Å². The fourth-order valence-electron chi connectivity index (χ4n) is 3.35. The second-order valence-electron chi connectivity index (χ2n) is 6.46. The van der Waals surface area contributed by atoms with E-state index < -0.39 is 0 Å². The quantitative estimate of drug-likeness (QED) is 0.402. The Morgan fingerprint density at radius 2 is 1.72 bits per heavy atom. The Balaban J connectivity index is 1.85. The number of hydrogen-bond acceptors (Lipinski definition) is 1. The van der Waals surface area contributed by atoms with Crippen molar-refractivity contribution < 1.29 is 8.96 Å². The third-order valence-electron chi connectivity index (χ3n) is 4.57. The lowest BCUT2D eigenvalue weighted by molar-refractivity contribution is -0.661. The van der Waals surface area contributed by atoms with Gasteiger partial charge in [0.25, 0.3) is 0 Å². The van der Waals surface area contributed by atoms with E-state index >= 15 is 0 Å². The zero-order valence-electron chi connectivity index (χ0n) is 14.5. The molecule has 0 bridgehead atoms. The lowest BCUT2D eigenvalue weighted by Gasteiger charge is -2.08. The molecule has 0 saturated carbocycles. The maximum atomic E-state index is 15.0. The Kier molecular flexibility index (Phi) is 3.89. The summed E-state index contributed by atoms with van der Waals surface area (Å²) in [5.74, 6) is -0.198. The van der Waals surface area contributed by atoms with Crippen LogP contribution < -0.4 is 4.57 Å². The van der Waals surface area contributed by atoms with Crippen LogP contribution in [0.3, 0.4) is 0 Å². The number of rotatable bonds is 2. The molecule has 0 atom stereocenters. The van der Waals surface area contributed by atoms with Gasteiger partial charge >= 0.3 is 0 Å². The summed E-state index contributed by atoms with van der Waals surface area (Å²) in [6.45, 7) is 4.12. The smallest absolute Gasteiger partial charge is 0.200 e. The molecule has 3 heteroatoms.